The van der Waals surface area contributed by atoms with E-state index in [4.69, 9.17) is 9.47 Å². The van der Waals surface area contributed by atoms with Crippen LogP contribution in [0.5, 0.6) is 0 Å². The second-order valence-corrected chi connectivity index (χ2v) is 10.9. The highest BCUT2D eigenvalue weighted by atomic mass is 16.5. The summed E-state index contributed by atoms with van der Waals surface area (Å²) >= 11 is 0. The molecule has 0 atom stereocenters. The summed E-state index contributed by atoms with van der Waals surface area (Å²) in [5.41, 5.74) is 5.84. The predicted molar refractivity (Wildman–Crippen MR) is 169 cm³/mol. The summed E-state index contributed by atoms with van der Waals surface area (Å²) in [4.78, 5) is 4.60. The number of anilines is 1. The first kappa shape index (κ1) is 29.1. The molecule has 0 bridgehead atoms. The van der Waals surface area contributed by atoms with Gasteiger partial charge in [-0.1, -0.05) is 92.8 Å². The minimum atomic E-state index is -0.188. The molecule has 0 amide bonds. The van der Waals surface area contributed by atoms with Crippen LogP contribution in [0.2, 0.25) is 0 Å². The Morgan fingerprint density at radius 1 is 1.02 bits per heavy atom. The first-order valence-corrected chi connectivity index (χ1v) is 14.3. The molecule has 4 rings (SSSR count). The van der Waals surface area contributed by atoms with Crippen LogP contribution in [0.3, 0.4) is 0 Å². The quantitative estimate of drug-likeness (QED) is 0.341. The smallest absolute Gasteiger partial charge is 0.161 e. The fraction of sp³-hybridized carbons (Fsp3) is 0.333. The van der Waals surface area contributed by atoms with Crippen molar-refractivity contribution in [1.29, 1.82) is 0 Å². The third-order valence-corrected chi connectivity index (χ3v) is 7.72. The number of nitrogens with zero attached hydrogens (tertiary/aromatic N) is 2. The lowest BCUT2D eigenvalue weighted by molar-refractivity contribution is 0.109. The van der Waals surface area contributed by atoms with E-state index in [0.717, 1.165) is 56.3 Å². The number of fused-ring (bicyclic) bond motifs is 1. The Balaban J connectivity index is 1.56. The van der Waals surface area contributed by atoms with Gasteiger partial charge in [-0.25, -0.2) is 0 Å². The first-order valence-electron chi connectivity index (χ1n) is 14.3. The Morgan fingerprint density at radius 3 is 2.65 bits per heavy atom. The average Bonchev–Trinajstić information content (AvgIpc) is 3.14. The molecule has 1 fully saturated rings. The molecule has 1 aromatic rings. The van der Waals surface area contributed by atoms with Crippen molar-refractivity contribution in [2.24, 2.45) is 5.41 Å². The standard InChI is InChI=1S/C36H44N2O2/c1-6-7-9-14-29(2)38-24-12-15-32(20-18-30(3)40-28-38)36(4,5)33-21-19-31-27-37(34-16-10-8-11-17-34)25-13-26-39-35(31)23-22-33/h6-12,14-20,22-23H,2,13,21,24-28H2,1,3-5H3/b7-6-,14-9-,15-12+,30-18+,32-20+. The molecule has 1 saturated heterocycles. The van der Waals surface area contributed by atoms with Gasteiger partial charge in [0.25, 0.3) is 0 Å². The van der Waals surface area contributed by atoms with Crippen molar-refractivity contribution >= 4 is 5.69 Å². The van der Waals surface area contributed by atoms with E-state index in [-0.39, 0.29) is 5.41 Å². The summed E-state index contributed by atoms with van der Waals surface area (Å²) in [5, 5.41) is 0. The lowest BCUT2D eigenvalue weighted by atomic mass is 9.75. The second-order valence-electron chi connectivity index (χ2n) is 10.9. The van der Waals surface area contributed by atoms with Crippen LogP contribution in [-0.4, -0.2) is 37.9 Å². The summed E-state index contributed by atoms with van der Waals surface area (Å²) in [7, 11) is 0. The van der Waals surface area contributed by atoms with Crippen LogP contribution in [0.4, 0.5) is 5.69 Å². The van der Waals surface area contributed by atoms with Crippen molar-refractivity contribution in [3.63, 3.8) is 0 Å². The topological polar surface area (TPSA) is 24.9 Å². The Bertz CT molecular complexity index is 1290. The van der Waals surface area contributed by atoms with Crippen LogP contribution in [0, 0.1) is 5.41 Å². The Hall–Kier alpha value is -3.92. The highest BCUT2D eigenvalue weighted by molar-refractivity contribution is 5.51. The van der Waals surface area contributed by atoms with Crippen LogP contribution in [-0.2, 0) is 9.47 Å². The van der Waals surface area contributed by atoms with Gasteiger partial charge < -0.3 is 19.3 Å². The van der Waals surface area contributed by atoms with Gasteiger partial charge in [0.05, 0.1) is 12.4 Å². The number of benzene rings is 1. The summed E-state index contributed by atoms with van der Waals surface area (Å²) < 4.78 is 12.3. The molecule has 0 aromatic heterocycles. The molecule has 4 nitrogen and oxygen atoms in total. The van der Waals surface area contributed by atoms with Crippen LogP contribution < -0.4 is 4.90 Å². The SMILES string of the molecule is C=C(/C=C\C=C/C)N1C/C=C/C(C(C)(C)C2=CC=C3OCCCN(c4ccccc4)CC3=CC2)=C\C=C(/C)OC1. The number of ether oxygens (including phenoxy) is 2. The van der Waals surface area contributed by atoms with Gasteiger partial charge in [0.2, 0.25) is 0 Å². The first-order chi connectivity index (χ1) is 19.4. The normalized spacial score (nSPS) is 22.6. The fourth-order valence-electron chi connectivity index (χ4n) is 5.05. The molecule has 0 N–H and O–H groups in total. The van der Waals surface area contributed by atoms with Gasteiger partial charge in [0.15, 0.2) is 6.73 Å². The molecule has 1 aliphatic carbocycles. The zero-order chi connectivity index (χ0) is 28.4. The molecule has 0 radical (unpaired) electrons. The molecule has 0 unspecified atom stereocenters. The zero-order valence-electron chi connectivity index (χ0n) is 24.6. The van der Waals surface area contributed by atoms with E-state index in [0.29, 0.717) is 6.73 Å². The zero-order valence-corrected chi connectivity index (χ0v) is 24.6. The molecular weight excluding hydrogens is 492 g/mol. The van der Waals surface area contributed by atoms with Gasteiger partial charge in [0, 0.05) is 42.0 Å². The van der Waals surface area contributed by atoms with Crippen molar-refractivity contribution in [1.82, 2.24) is 4.90 Å². The van der Waals surface area contributed by atoms with Crippen LogP contribution in [0.25, 0.3) is 0 Å². The maximum absolute atomic E-state index is 6.25. The van der Waals surface area contributed by atoms with Crippen molar-refractivity contribution in [2.45, 2.75) is 40.5 Å². The molecule has 1 aromatic carbocycles. The summed E-state index contributed by atoms with van der Waals surface area (Å²) in [5.74, 6) is 1.87. The Morgan fingerprint density at radius 2 is 1.85 bits per heavy atom. The van der Waals surface area contributed by atoms with Crippen molar-refractivity contribution in [3.05, 3.63) is 138 Å². The van der Waals surface area contributed by atoms with Crippen LogP contribution in [0.1, 0.15) is 40.5 Å². The molecule has 0 spiro atoms. The van der Waals surface area contributed by atoms with E-state index in [1.807, 2.05) is 38.2 Å². The van der Waals surface area contributed by atoms with Crippen molar-refractivity contribution < 1.29 is 9.47 Å². The number of allylic oxidation sites excluding steroid dienone is 13. The van der Waals surface area contributed by atoms with Gasteiger partial charge in [-0.05, 0) is 62.6 Å². The molecule has 2 aliphatic heterocycles. The van der Waals surface area contributed by atoms with Gasteiger partial charge in [-0.2, -0.15) is 0 Å². The summed E-state index contributed by atoms with van der Waals surface area (Å²) in [6.07, 6.45) is 25.5. The van der Waals surface area contributed by atoms with E-state index in [2.05, 4.69) is 103 Å². The number of hydrogen-bond acceptors (Lipinski definition) is 4. The molecule has 2 heterocycles. The lowest BCUT2D eigenvalue weighted by Gasteiger charge is -2.31. The van der Waals surface area contributed by atoms with Crippen LogP contribution in [0.15, 0.2) is 138 Å². The molecule has 40 heavy (non-hydrogen) atoms. The largest absolute Gasteiger partial charge is 0.493 e. The van der Waals surface area contributed by atoms with E-state index < -0.39 is 0 Å². The Labute approximate surface area is 241 Å². The van der Waals surface area contributed by atoms with Crippen molar-refractivity contribution in [2.75, 3.05) is 37.9 Å². The third-order valence-electron chi connectivity index (χ3n) is 7.72. The second kappa shape index (κ2) is 13.9. The summed E-state index contributed by atoms with van der Waals surface area (Å²) in [6.45, 7) is 16.6. The highest BCUT2D eigenvalue weighted by Gasteiger charge is 2.28. The van der Waals surface area contributed by atoms with E-state index in [1.54, 1.807) is 0 Å². The van der Waals surface area contributed by atoms with Crippen LogP contribution >= 0.6 is 0 Å². The van der Waals surface area contributed by atoms with Gasteiger partial charge in [-0.3, -0.25) is 0 Å². The molecule has 4 heteroatoms. The third kappa shape index (κ3) is 7.59. The molecule has 0 saturated carbocycles. The molecular formula is C36H44N2O2. The monoisotopic (exact) mass is 536 g/mol. The van der Waals surface area contributed by atoms with Gasteiger partial charge >= 0.3 is 0 Å². The number of para-hydroxylation sites is 1. The summed E-state index contributed by atoms with van der Waals surface area (Å²) in [6, 6.07) is 10.7. The highest BCUT2D eigenvalue weighted by Crippen LogP contribution is 2.40. The number of rotatable bonds is 6. The van der Waals surface area contributed by atoms with Crippen molar-refractivity contribution in [3.8, 4) is 0 Å². The molecule has 210 valence electrons. The Kier molecular flexibility index (Phi) is 10.1. The predicted octanol–water partition coefficient (Wildman–Crippen LogP) is 8.40. The fourth-order valence-corrected chi connectivity index (χ4v) is 5.05. The average molecular weight is 537 g/mol. The minimum absolute atomic E-state index is 0.188. The van der Waals surface area contributed by atoms with E-state index >= 15 is 0 Å². The minimum Gasteiger partial charge on any atom is -0.493 e. The van der Waals surface area contributed by atoms with E-state index in [1.165, 1.54) is 22.4 Å². The maximum Gasteiger partial charge on any atom is 0.161 e. The lowest BCUT2D eigenvalue weighted by Crippen LogP contribution is -2.30. The van der Waals surface area contributed by atoms with Gasteiger partial charge in [0.1, 0.15) is 5.76 Å². The van der Waals surface area contributed by atoms with Gasteiger partial charge in [-0.15, -0.1) is 0 Å². The maximum atomic E-state index is 6.25. The number of hydrogen-bond donors (Lipinski definition) is 0. The van der Waals surface area contributed by atoms with E-state index in [9.17, 15) is 0 Å². The molecule has 3 aliphatic rings.